The van der Waals surface area contributed by atoms with Crippen molar-refractivity contribution >= 4 is 11.3 Å². The first-order valence-electron chi connectivity index (χ1n) is 5.26. The second-order valence-corrected chi connectivity index (χ2v) is 4.63. The molecule has 1 aromatic heterocycles. The van der Waals surface area contributed by atoms with Crippen molar-refractivity contribution < 1.29 is 4.74 Å². The second-order valence-electron chi connectivity index (χ2n) is 3.59. The van der Waals surface area contributed by atoms with Gasteiger partial charge in [0.1, 0.15) is 0 Å². The average molecular weight is 233 g/mol. The van der Waals surface area contributed by atoms with Gasteiger partial charge >= 0.3 is 0 Å². The van der Waals surface area contributed by atoms with E-state index < -0.39 is 0 Å². The van der Waals surface area contributed by atoms with Gasteiger partial charge in [-0.05, 0) is 22.6 Å². The van der Waals surface area contributed by atoms with Crippen molar-refractivity contribution in [3.05, 3.63) is 57.8 Å². The molecule has 0 aliphatic carbocycles. The molecule has 0 radical (unpaired) electrons. The van der Waals surface area contributed by atoms with E-state index in [1.165, 1.54) is 10.4 Å². The highest BCUT2D eigenvalue weighted by Crippen LogP contribution is 2.11. The molecule has 0 atom stereocenters. The van der Waals surface area contributed by atoms with E-state index in [0.29, 0.717) is 19.8 Å². The molecule has 0 unspecified atom stereocenters. The largest absolute Gasteiger partial charge is 0.371 e. The minimum atomic E-state index is 0.594. The summed E-state index contributed by atoms with van der Waals surface area (Å²) in [4.78, 5) is 1.26. The van der Waals surface area contributed by atoms with Gasteiger partial charge in [-0.1, -0.05) is 30.3 Å². The third kappa shape index (κ3) is 3.17. The van der Waals surface area contributed by atoms with Crippen LogP contribution in [-0.4, -0.2) is 0 Å². The minimum absolute atomic E-state index is 0.594. The lowest BCUT2D eigenvalue weighted by Gasteiger charge is -2.04. The van der Waals surface area contributed by atoms with Crippen molar-refractivity contribution in [2.75, 3.05) is 0 Å². The summed E-state index contributed by atoms with van der Waals surface area (Å²) in [5.41, 5.74) is 7.88. The lowest BCUT2D eigenvalue weighted by atomic mass is 10.1. The fourth-order valence-corrected chi connectivity index (χ4v) is 2.08. The van der Waals surface area contributed by atoms with E-state index >= 15 is 0 Å². The van der Waals surface area contributed by atoms with Crippen LogP contribution in [0.1, 0.15) is 16.0 Å². The SMILES string of the molecule is NCc1ccc(COCc2cccs2)cc1. The second kappa shape index (κ2) is 5.80. The quantitative estimate of drug-likeness (QED) is 0.861. The monoisotopic (exact) mass is 233 g/mol. The summed E-state index contributed by atoms with van der Waals surface area (Å²) in [5.74, 6) is 0. The molecule has 1 heterocycles. The van der Waals surface area contributed by atoms with Gasteiger partial charge in [-0.2, -0.15) is 0 Å². The summed E-state index contributed by atoms with van der Waals surface area (Å²) in [6, 6.07) is 12.3. The Morgan fingerprint density at radius 2 is 1.75 bits per heavy atom. The van der Waals surface area contributed by atoms with Gasteiger partial charge in [0.25, 0.3) is 0 Å². The van der Waals surface area contributed by atoms with Crippen LogP contribution >= 0.6 is 11.3 Å². The molecular weight excluding hydrogens is 218 g/mol. The Morgan fingerprint density at radius 1 is 1.00 bits per heavy atom. The zero-order valence-corrected chi connectivity index (χ0v) is 9.87. The summed E-state index contributed by atoms with van der Waals surface area (Å²) < 4.78 is 5.62. The zero-order valence-electron chi connectivity index (χ0n) is 9.06. The number of thiophene rings is 1. The number of rotatable bonds is 5. The van der Waals surface area contributed by atoms with Gasteiger partial charge in [-0.15, -0.1) is 11.3 Å². The van der Waals surface area contributed by atoms with Crippen molar-refractivity contribution in [3.8, 4) is 0 Å². The average Bonchev–Trinajstić information content (AvgIpc) is 2.83. The van der Waals surface area contributed by atoms with Crippen LogP contribution in [0.2, 0.25) is 0 Å². The smallest absolute Gasteiger partial charge is 0.0813 e. The topological polar surface area (TPSA) is 35.2 Å². The highest BCUT2D eigenvalue weighted by atomic mass is 32.1. The van der Waals surface area contributed by atoms with Crippen LogP contribution in [0.25, 0.3) is 0 Å². The Kier molecular flexibility index (Phi) is 4.10. The Morgan fingerprint density at radius 3 is 2.38 bits per heavy atom. The first-order chi connectivity index (χ1) is 7.88. The van der Waals surface area contributed by atoms with Crippen molar-refractivity contribution in [2.24, 2.45) is 5.73 Å². The normalized spacial score (nSPS) is 10.6. The molecule has 0 amide bonds. The van der Waals surface area contributed by atoms with Gasteiger partial charge in [0.2, 0.25) is 0 Å². The van der Waals surface area contributed by atoms with Gasteiger partial charge in [0.15, 0.2) is 0 Å². The Balaban J connectivity index is 1.81. The molecule has 2 nitrogen and oxygen atoms in total. The zero-order chi connectivity index (χ0) is 11.2. The van der Waals surface area contributed by atoms with E-state index in [-0.39, 0.29) is 0 Å². The summed E-state index contributed by atoms with van der Waals surface area (Å²) in [7, 11) is 0. The highest BCUT2D eigenvalue weighted by Gasteiger charge is 1.96. The molecule has 2 N–H and O–H groups in total. The van der Waals surface area contributed by atoms with E-state index in [9.17, 15) is 0 Å². The molecule has 16 heavy (non-hydrogen) atoms. The van der Waals surface area contributed by atoms with E-state index in [2.05, 4.69) is 23.6 Å². The van der Waals surface area contributed by atoms with Crippen molar-refractivity contribution in [2.45, 2.75) is 19.8 Å². The molecule has 3 heteroatoms. The van der Waals surface area contributed by atoms with Crippen LogP contribution < -0.4 is 5.73 Å². The standard InChI is InChI=1S/C13H15NOS/c14-8-11-3-5-12(6-4-11)9-15-10-13-2-1-7-16-13/h1-7H,8-10,14H2. The van der Waals surface area contributed by atoms with Gasteiger partial charge in [-0.25, -0.2) is 0 Å². The number of hydrogen-bond donors (Lipinski definition) is 1. The Labute approximate surface area is 99.7 Å². The minimum Gasteiger partial charge on any atom is -0.371 e. The molecule has 84 valence electrons. The molecule has 0 fully saturated rings. The first-order valence-corrected chi connectivity index (χ1v) is 6.14. The van der Waals surface area contributed by atoms with Gasteiger partial charge in [0, 0.05) is 11.4 Å². The summed E-state index contributed by atoms with van der Waals surface area (Å²) >= 11 is 1.72. The number of ether oxygens (including phenoxy) is 1. The molecule has 0 spiro atoms. The predicted molar refractivity (Wildman–Crippen MR) is 67.1 cm³/mol. The van der Waals surface area contributed by atoms with Crippen molar-refractivity contribution in [3.63, 3.8) is 0 Å². The highest BCUT2D eigenvalue weighted by molar-refractivity contribution is 7.09. The molecule has 2 aromatic rings. The van der Waals surface area contributed by atoms with E-state index in [1.807, 2.05) is 18.2 Å². The van der Waals surface area contributed by atoms with E-state index in [0.717, 1.165) is 5.56 Å². The maximum Gasteiger partial charge on any atom is 0.0813 e. The maximum absolute atomic E-state index is 5.62. The molecule has 0 saturated heterocycles. The maximum atomic E-state index is 5.62. The van der Waals surface area contributed by atoms with Crippen LogP contribution in [-0.2, 0) is 24.5 Å². The summed E-state index contributed by atoms with van der Waals surface area (Å²) in [5, 5.41) is 2.06. The molecule has 2 rings (SSSR count). The Hall–Kier alpha value is -1.16. The van der Waals surface area contributed by atoms with E-state index in [4.69, 9.17) is 10.5 Å². The molecule has 1 aromatic carbocycles. The van der Waals surface area contributed by atoms with Crippen LogP contribution in [0.3, 0.4) is 0 Å². The van der Waals surface area contributed by atoms with Gasteiger partial charge in [0.05, 0.1) is 13.2 Å². The molecule has 0 saturated carbocycles. The van der Waals surface area contributed by atoms with Gasteiger partial charge < -0.3 is 10.5 Å². The van der Waals surface area contributed by atoms with Crippen LogP contribution in [0.4, 0.5) is 0 Å². The number of benzene rings is 1. The summed E-state index contributed by atoms with van der Waals surface area (Å²) in [6.07, 6.45) is 0. The lowest BCUT2D eigenvalue weighted by molar-refractivity contribution is 0.109. The molecular formula is C13H15NOS. The fourth-order valence-electron chi connectivity index (χ4n) is 1.44. The van der Waals surface area contributed by atoms with Crippen LogP contribution in [0, 0.1) is 0 Å². The number of hydrogen-bond acceptors (Lipinski definition) is 3. The molecule has 0 aliphatic rings. The fraction of sp³-hybridized carbons (Fsp3) is 0.231. The first kappa shape index (κ1) is 11.3. The van der Waals surface area contributed by atoms with Crippen LogP contribution in [0.5, 0.6) is 0 Å². The Bertz CT molecular complexity index is 408. The van der Waals surface area contributed by atoms with E-state index in [1.54, 1.807) is 11.3 Å². The number of nitrogens with two attached hydrogens (primary N) is 1. The van der Waals surface area contributed by atoms with Crippen molar-refractivity contribution in [1.82, 2.24) is 0 Å². The predicted octanol–water partition coefficient (Wildman–Crippen LogP) is 2.92. The van der Waals surface area contributed by atoms with Gasteiger partial charge in [-0.3, -0.25) is 0 Å². The van der Waals surface area contributed by atoms with Crippen molar-refractivity contribution in [1.29, 1.82) is 0 Å². The molecule has 0 bridgehead atoms. The third-order valence-electron chi connectivity index (χ3n) is 2.35. The molecule has 0 aliphatic heterocycles. The van der Waals surface area contributed by atoms with Crippen LogP contribution in [0.15, 0.2) is 41.8 Å². The third-order valence-corrected chi connectivity index (χ3v) is 3.20. The summed E-state index contributed by atoms with van der Waals surface area (Å²) in [6.45, 7) is 1.94. The lowest BCUT2D eigenvalue weighted by Crippen LogP contribution is -1.97.